The maximum Gasteiger partial charge on any atom is 0.324 e. The van der Waals surface area contributed by atoms with Crippen LogP contribution in [-0.2, 0) is 14.6 Å². The third-order valence-corrected chi connectivity index (χ3v) is 5.58. The second-order valence-electron chi connectivity index (χ2n) is 3.85. The van der Waals surface area contributed by atoms with E-state index in [1.165, 1.54) is 6.07 Å². The number of halogens is 1. The van der Waals surface area contributed by atoms with Crippen molar-refractivity contribution in [1.29, 1.82) is 0 Å². The molecule has 1 aromatic rings. The highest BCUT2D eigenvalue weighted by atomic mass is 79.9. The molecule has 0 aliphatic carbocycles. The molecule has 0 bridgehead atoms. The lowest BCUT2D eigenvalue weighted by atomic mass is 10.2. The van der Waals surface area contributed by atoms with Gasteiger partial charge >= 0.3 is 5.97 Å². The van der Waals surface area contributed by atoms with E-state index in [0.29, 0.717) is 10.2 Å². The molecule has 1 aromatic carbocycles. The Morgan fingerprint density at radius 3 is 2.71 bits per heavy atom. The van der Waals surface area contributed by atoms with Crippen LogP contribution < -0.4 is 5.32 Å². The van der Waals surface area contributed by atoms with Crippen molar-refractivity contribution in [3.8, 4) is 0 Å². The summed E-state index contributed by atoms with van der Waals surface area (Å²) >= 11 is 3.24. The largest absolute Gasteiger partial charge is 0.480 e. The van der Waals surface area contributed by atoms with Crippen LogP contribution in [0.4, 0.5) is 5.69 Å². The van der Waals surface area contributed by atoms with Gasteiger partial charge in [-0.3, -0.25) is 4.79 Å². The Morgan fingerprint density at radius 1 is 1.47 bits per heavy atom. The van der Waals surface area contributed by atoms with Crippen LogP contribution in [0.3, 0.4) is 0 Å². The van der Waals surface area contributed by atoms with Crippen molar-refractivity contribution in [2.45, 2.75) is 23.1 Å². The second-order valence-corrected chi connectivity index (χ2v) is 6.74. The van der Waals surface area contributed by atoms with E-state index in [9.17, 15) is 13.2 Å². The number of anilines is 1. The molecule has 0 saturated heterocycles. The van der Waals surface area contributed by atoms with Gasteiger partial charge in [0.15, 0.2) is 15.1 Å². The van der Waals surface area contributed by atoms with Gasteiger partial charge in [0, 0.05) is 4.47 Å². The predicted molar refractivity (Wildman–Crippen MR) is 65.8 cm³/mol. The van der Waals surface area contributed by atoms with E-state index in [1.807, 2.05) is 0 Å². The normalized spacial score (nSPS) is 25.8. The van der Waals surface area contributed by atoms with Gasteiger partial charge in [-0.15, -0.1) is 0 Å². The fraction of sp³-hybridized carbons (Fsp3) is 0.300. The third-order valence-electron chi connectivity index (χ3n) is 2.69. The minimum atomic E-state index is -3.85. The van der Waals surface area contributed by atoms with Gasteiger partial charge in [-0.1, -0.05) is 6.07 Å². The first-order chi connectivity index (χ1) is 7.85. The van der Waals surface area contributed by atoms with Crippen LogP contribution in [0.1, 0.15) is 6.92 Å². The first-order valence-corrected chi connectivity index (χ1v) is 7.21. The van der Waals surface area contributed by atoms with Crippen molar-refractivity contribution in [1.82, 2.24) is 0 Å². The van der Waals surface area contributed by atoms with E-state index in [-0.39, 0.29) is 4.90 Å². The number of fused-ring (bicyclic) bond motifs is 1. The molecule has 0 fully saturated rings. The number of carboxylic acids is 1. The van der Waals surface area contributed by atoms with E-state index >= 15 is 0 Å². The van der Waals surface area contributed by atoms with E-state index < -0.39 is 27.1 Å². The van der Waals surface area contributed by atoms with Gasteiger partial charge in [-0.25, -0.2) is 8.42 Å². The Balaban J connectivity index is 2.70. The topological polar surface area (TPSA) is 83.5 Å². The molecule has 5 nitrogen and oxygen atoms in total. The van der Waals surface area contributed by atoms with E-state index in [4.69, 9.17) is 5.11 Å². The molecule has 92 valence electrons. The number of aliphatic carboxylic acids is 1. The summed E-state index contributed by atoms with van der Waals surface area (Å²) in [5, 5.41) is 10.5. The SMILES string of the molecule is CC1Nc2c(Br)cccc2S(=O)(=O)C1C(=O)O. The molecule has 1 heterocycles. The molecule has 7 heteroatoms. The molecule has 0 aromatic heterocycles. The quantitative estimate of drug-likeness (QED) is 0.819. The second kappa shape index (κ2) is 3.99. The number of benzene rings is 1. The molecule has 0 amide bonds. The van der Waals surface area contributed by atoms with Crippen molar-refractivity contribution in [2.75, 3.05) is 5.32 Å². The maximum atomic E-state index is 12.2. The number of carboxylic acid groups (broad SMARTS) is 1. The van der Waals surface area contributed by atoms with Crippen LogP contribution in [0.2, 0.25) is 0 Å². The summed E-state index contributed by atoms with van der Waals surface area (Å²) in [5.41, 5.74) is 0.428. The highest BCUT2D eigenvalue weighted by Crippen LogP contribution is 2.37. The Bertz CT molecular complexity index is 584. The average molecular weight is 320 g/mol. The van der Waals surface area contributed by atoms with Crippen molar-refractivity contribution < 1.29 is 18.3 Å². The van der Waals surface area contributed by atoms with Crippen molar-refractivity contribution in [3.05, 3.63) is 22.7 Å². The number of hydrogen-bond acceptors (Lipinski definition) is 4. The Hall–Kier alpha value is -1.08. The summed E-state index contributed by atoms with van der Waals surface area (Å²) in [4.78, 5) is 11.1. The fourth-order valence-electron chi connectivity index (χ4n) is 1.94. The smallest absolute Gasteiger partial charge is 0.324 e. The standard InChI is InChI=1S/C10H10BrNO4S/c1-5-9(10(13)14)17(15,16)7-4-2-3-6(11)8(7)12-5/h2-5,9,12H,1H3,(H,13,14). The van der Waals surface area contributed by atoms with E-state index in [2.05, 4.69) is 21.2 Å². The Kier molecular flexibility index (Phi) is 2.90. The molecule has 1 aliphatic rings. The summed E-state index contributed by atoms with van der Waals surface area (Å²) in [5.74, 6) is -1.34. The zero-order valence-electron chi connectivity index (χ0n) is 8.84. The lowest BCUT2D eigenvalue weighted by Gasteiger charge is -2.30. The maximum absolute atomic E-state index is 12.2. The first kappa shape index (κ1) is 12.4. The zero-order chi connectivity index (χ0) is 12.8. The van der Waals surface area contributed by atoms with Crippen LogP contribution in [0.5, 0.6) is 0 Å². The predicted octanol–water partition coefficient (Wildman–Crippen LogP) is 1.49. The molecule has 2 atom stereocenters. The highest BCUT2D eigenvalue weighted by molar-refractivity contribution is 9.10. The Morgan fingerprint density at radius 2 is 2.12 bits per heavy atom. The lowest BCUT2D eigenvalue weighted by molar-refractivity contribution is -0.136. The molecule has 2 rings (SSSR count). The number of nitrogens with one attached hydrogen (secondary N) is 1. The van der Waals surface area contributed by atoms with E-state index in [0.717, 1.165) is 0 Å². The van der Waals surface area contributed by atoms with Crippen LogP contribution >= 0.6 is 15.9 Å². The number of rotatable bonds is 1. The summed E-state index contributed by atoms with van der Waals surface area (Å²) in [7, 11) is -3.85. The zero-order valence-corrected chi connectivity index (χ0v) is 11.2. The van der Waals surface area contributed by atoms with Gasteiger partial charge in [0.2, 0.25) is 0 Å². The van der Waals surface area contributed by atoms with Crippen molar-refractivity contribution in [3.63, 3.8) is 0 Å². The molecule has 0 radical (unpaired) electrons. The number of sulfone groups is 1. The van der Waals surface area contributed by atoms with Crippen molar-refractivity contribution >= 4 is 37.4 Å². The molecular formula is C10H10BrNO4S. The summed E-state index contributed by atoms with van der Waals surface area (Å²) < 4.78 is 24.9. The Labute approximate surface area is 107 Å². The minimum Gasteiger partial charge on any atom is -0.480 e. The van der Waals surface area contributed by atoms with Crippen LogP contribution in [-0.4, -0.2) is 30.8 Å². The number of carbonyl (C=O) groups is 1. The lowest BCUT2D eigenvalue weighted by Crippen LogP contribution is -2.47. The summed E-state index contributed by atoms with van der Waals surface area (Å²) in [6.45, 7) is 1.54. The van der Waals surface area contributed by atoms with Gasteiger partial charge < -0.3 is 10.4 Å². The molecule has 2 N–H and O–H groups in total. The van der Waals surface area contributed by atoms with Crippen LogP contribution in [0, 0.1) is 0 Å². The average Bonchev–Trinajstić information content (AvgIpc) is 2.18. The molecule has 1 aliphatic heterocycles. The summed E-state index contributed by atoms with van der Waals surface area (Å²) in [6, 6.07) is 4.00. The summed E-state index contributed by atoms with van der Waals surface area (Å²) in [6.07, 6.45) is 0. The van der Waals surface area contributed by atoms with Gasteiger partial charge in [-0.2, -0.15) is 0 Å². The molecular weight excluding hydrogens is 310 g/mol. The van der Waals surface area contributed by atoms with Gasteiger partial charge in [0.1, 0.15) is 0 Å². The highest BCUT2D eigenvalue weighted by Gasteiger charge is 2.44. The number of hydrogen-bond donors (Lipinski definition) is 2. The molecule has 0 spiro atoms. The van der Waals surface area contributed by atoms with Gasteiger partial charge in [-0.05, 0) is 35.0 Å². The molecule has 0 saturated carbocycles. The molecule has 2 unspecified atom stereocenters. The molecule has 17 heavy (non-hydrogen) atoms. The number of para-hydroxylation sites is 1. The fourth-order valence-corrected chi connectivity index (χ4v) is 4.42. The van der Waals surface area contributed by atoms with Crippen LogP contribution in [0.25, 0.3) is 0 Å². The van der Waals surface area contributed by atoms with Gasteiger partial charge in [0.05, 0.1) is 16.6 Å². The van der Waals surface area contributed by atoms with Crippen LogP contribution in [0.15, 0.2) is 27.6 Å². The van der Waals surface area contributed by atoms with Crippen molar-refractivity contribution in [2.24, 2.45) is 0 Å². The first-order valence-electron chi connectivity index (χ1n) is 4.87. The third kappa shape index (κ3) is 1.83. The van der Waals surface area contributed by atoms with Gasteiger partial charge in [0.25, 0.3) is 0 Å². The van der Waals surface area contributed by atoms with E-state index in [1.54, 1.807) is 19.1 Å². The monoisotopic (exact) mass is 319 g/mol. The minimum absolute atomic E-state index is 0.0253.